The Morgan fingerprint density at radius 1 is 1.53 bits per heavy atom. The van der Waals surface area contributed by atoms with Gasteiger partial charge in [-0.15, -0.1) is 0 Å². The Balaban J connectivity index is 4.36. The molecule has 0 unspecified atom stereocenters. The Hall–Kier alpha value is -1.53. The van der Waals surface area contributed by atoms with Crippen molar-refractivity contribution in [3.63, 3.8) is 0 Å². The molecule has 0 radical (unpaired) electrons. The third kappa shape index (κ3) is 6.53. The number of nitrogens with one attached hydrogen (secondary N) is 1. The number of halogens is 3. The average Bonchev–Trinajstić information content (AvgIpc) is 2.00. The third-order valence-electron chi connectivity index (χ3n) is 1.23. The van der Waals surface area contributed by atoms with Crippen molar-refractivity contribution in [3.8, 4) is 0 Å². The predicted octanol–water partition coefficient (Wildman–Crippen LogP) is 1.36. The summed E-state index contributed by atoms with van der Waals surface area (Å²) in [4.78, 5) is 10.9. The standard InChI is InChI=1S/C8H11F3N2O2/c1-2-15-7(14)6(13)3-5(12)4-8(9,10)11/h3,12H,2,4,13H2,1H3/b6-3-,12-5?. The van der Waals surface area contributed by atoms with E-state index in [0.717, 1.165) is 0 Å². The van der Waals surface area contributed by atoms with Crippen LogP contribution in [0.15, 0.2) is 11.8 Å². The summed E-state index contributed by atoms with van der Waals surface area (Å²) in [5.41, 5.74) is 3.81. The van der Waals surface area contributed by atoms with Gasteiger partial charge >= 0.3 is 12.1 Å². The monoisotopic (exact) mass is 224 g/mol. The van der Waals surface area contributed by atoms with E-state index in [2.05, 4.69) is 4.74 Å². The molecule has 0 atom stereocenters. The molecule has 0 spiro atoms. The van der Waals surface area contributed by atoms with E-state index in [-0.39, 0.29) is 6.61 Å². The van der Waals surface area contributed by atoms with Crippen molar-refractivity contribution in [1.29, 1.82) is 5.41 Å². The molecule has 15 heavy (non-hydrogen) atoms. The van der Waals surface area contributed by atoms with E-state index in [1.807, 2.05) is 0 Å². The van der Waals surface area contributed by atoms with Crippen molar-refractivity contribution in [1.82, 2.24) is 0 Å². The number of allylic oxidation sites excluding steroid dienone is 1. The second-order valence-corrected chi connectivity index (χ2v) is 2.64. The van der Waals surface area contributed by atoms with Crippen molar-refractivity contribution in [2.75, 3.05) is 6.61 Å². The minimum Gasteiger partial charge on any atom is -0.461 e. The number of rotatable bonds is 4. The molecule has 0 aliphatic rings. The first kappa shape index (κ1) is 13.5. The molecule has 0 fully saturated rings. The number of nitrogens with two attached hydrogens (primary N) is 1. The summed E-state index contributed by atoms with van der Waals surface area (Å²) in [6, 6.07) is 0. The second kappa shape index (κ2) is 5.38. The molecular formula is C8H11F3N2O2. The van der Waals surface area contributed by atoms with E-state index in [9.17, 15) is 18.0 Å². The molecule has 7 heteroatoms. The van der Waals surface area contributed by atoms with Gasteiger partial charge < -0.3 is 15.9 Å². The van der Waals surface area contributed by atoms with Gasteiger partial charge in [-0.2, -0.15) is 13.2 Å². The molecule has 0 aromatic carbocycles. The topological polar surface area (TPSA) is 76.2 Å². The van der Waals surface area contributed by atoms with E-state index >= 15 is 0 Å². The third-order valence-corrected chi connectivity index (χ3v) is 1.23. The van der Waals surface area contributed by atoms with E-state index in [1.165, 1.54) is 6.92 Å². The number of esters is 1. The van der Waals surface area contributed by atoms with Crippen molar-refractivity contribution < 1.29 is 22.7 Å². The van der Waals surface area contributed by atoms with Crippen molar-refractivity contribution in [2.24, 2.45) is 5.73 Å². The fourth-order valence-corrected chi connectivity index (χ4v) is 0.728. The zero-order valence-electron chi connectivity index (χ0n) is 8.02. The summed E-state index contributed by atoms with van der Waals surface area (Å²) in [6.07, 6.45) is -5.26. The first-order chi connectivity index (χ1) is 6.76. The minimum absolute atomic E-state index is 0.0694. The average molecular weight is 224 g/mol. The lowest BCUT2D eigenvalue weighted by Crippen LogP contribution is -2.18. The number of carbonyl (C=O) groups is 1. The Morgan fingerprint density at radius 2 is 2.07 bits per heavy atom. The van der Waals surface area contributed by atoms with Gasteiger partial charge in [-0.1, -0.05) is 0 Å². The molecule has 0 aromatic rings. The van der Waals surface area contributed by atoms with E-state index in [1.54, 1.807) is 0 Å². The van der Waals surface area contributed by atoms with Crippen LogP contribution in [0, 0.1) is 5.41 Å². The van der Waals surface area contributed by atoms with Gasteiger partial charge in [0.2, 0.25) is 0 Å². The van der Waals surface area contributed by atoms with Crippen molar-refractivity contribution in [2.45, 2.75) is 19.5 Å². The molecule has 0 bridgehead atoms. The fourth-order valence-electron chi connectivity index (χ4n) is 0.728. The summed E-state index contributed by atoms with van der Waals surface area (Å²) in [5.74, 6) is -0.926. The second-order valence-electron chi connectivity index (χ2n) is 2.64. The highest BCUT2D eigenvalue weighted by atomic mass is 19.4. The largest absolute Gasteiger partial charge is 0.461 e. The molecule has 0 amide bonds. The Labute approximate surface area is 84.4 Å². The minimum atomic E-state index is -4.48. The van der Waals surface area contributed by atoms with Crippen LogP contribution in [0.5, 0.6) is 0 Å². The van der Waals surface area contributed by atoms with E-state index in [4.69, 9.17) is 11.1 Å². The molecule has 0 heterocycles. The van der Waals surface area contributed by atoms with Crippen LogP contribution >= 0.6 is 0 Å². The summed E-state index contributed by atoms with van der Waals surface area (Å²) >= 11 is 0. The van der Waals surface area contributed by atoms with Crippen molar-refractivity contribution in [3.05, 3.63) is 11.8 Å². The molecule has 86 valence electrons. The Bertz CT molecular complexity index is 284. The van der Waals surface area contributed by atoms with Crippen LogP contribution in [-0.4, -0.2) is 24.5 Å². The maximum absolute atomic E-state index is 11.8. The van der Waals surface area contributed by atoms with Gasteiger partial charge in [-0.25, -0.2) is 4.79 Å². The molecule has 0 saturated heterocycles. The SMILES string of the molecule is CCOC(=O)/C(N)=C/C(=N)CC(F)(F)F. The Kier molecular flexibility index (Phi) is 4.83. The maximum Gasteiger partial charge on any atom is 0.394 e. The molecule has 0 aliphatic carbocycles. The zero-order chi connectivity index (χ0) is 12.1. The predicted molar refractivity (Wildman–Crippen MR) is 47.3 cm³/mol. The fraction of sp³-hybridized carbons (Fsp3) is 0.500. The molecule has 4 nitrogen and oxygen atoms in total. The number of carbonyl (C=O) groups excluding carboxylic acids is 1. The first-order valence-corrected chi connectivity index (χ1v) is 4.04. The van der Waals surface area contributed by atoms with Crippen LogP contribution in [0.3, 0.4) is 0 Å². The van der Waals surface area contributed by atoms with Crippen LogP contribution in [0.25, 0.3) is 0 Å². The van der Waals surface area contributed by atoms with Crippen LogP contribution < -0.4 is 5.73 Å². The Morgan fingerprint density at radius 3 is 2.47 bits per heavy atom. The van der Waals surface area contributed by atoms with Gasteiger partial charge in [0.15, 0.2) is 0 Å². The molecular weight excluding hydrogens is 213 g/mol. The van der Waals surface area contributed by atoms with Gasteiger partial charge in [0.1, 0.15) is 5.70 Å². The summed E-state index contributed by atoms with van der Waals surface area (Å²) in [6.45, 7) is 1.60. The normalized spacial score (nSPS) is 12.4. The molecule has 3 N–H and O–H groups in total. The van der Waals surface area contributed by atoms with Crippen LogP contribution in [0.2, 0.25) is 0 Å². The zero-order valence-corrected chi connectivity index (χ0v) is 8.02. The quantitative estimate of drug-likeness (QED) is 0.430. The molecule has 0 aliphatic heterocycles. The van der Waals surface area contributed by atoms with E-state index < -0.39 is 30.0 Å². The van der Waals surface area contributed by atoms with Crippen LogP contribution in [-0.2, 0) is 9.53 Å². The highest BCUT2D eigenvalue weighted by molar-refractivity contribution is 6.00. The lowest BCUT2D eigenvalue weighted by Gasteiger charge is -2.05. The molecule has 0 saturated carbocycles. The molecule has 0 rings (SSSR count). The van der Waals surface area contributed by atoms with E-state index in [0.29, 0.717) is 6.08 Å². The summed E-state index contributed by atoms with van der Waals surface area (Å²) < 4.78 is 39.8. The van der Waals surface area contributed by atoms with Crippen molar-refractivity contribution >= 4 is 11.7 Å². The van der Waals surface area contributed by atoms with Gasteiger partial charge in [0, 0.05) is 5.71 Å². The van der Waals surface area contributed by atoms with Gasteiger partial charge in [0.25, 0.3) is 0 Å². The highest BCUT2D eigenvalue weighted by Crippen LogP contribution is 2.20. The summed E-state index contributed by atoms with van der Waals surface area (Å²) in [7, 11) is 0. The van der Waals surface area contributed by atoms with Gasteiger partial charge in [-0.05, 0) is 13.0 Å². The summed E-state index contributed by atoms with van der Waals surface area (Å²) in [5, 5.41) is 6.92. The number of ether oxygens (including phenoxy) is 1. The highest BCUT2D eigenvalue weighted by Gasteiger charge is 2.28. The first-order valence-electron chi connectivity index (χ1n) is 4.04. The lowest BCUT2D eigenvalue weighted by atomic mass is 10.2. The van der Waals surface area contributed by atoms with Crippen LogP contribution in [0.4, 0.5) is 13.2 Å². The van der Waals surface area contributed by atoms with Gasteiger partial charge in [-0.3, -0.25) is 0 Å². The lowest BCUT2D eigenvalue weighted by molar-refractivity contribution is -0.138. The number of hydrogen-bond acceptors (Lipinski definition) is 4. The van der Waals surface area contributed by atoms with Crippen LogP contribution in [0.1, 0.15) is 13.3 Å². The molecule has 0 aromatic heterocycles. The maximum atomic E-state index is 11.8. The number of alkyl halides is 3. The van der Waals surface area contributed by atoms with Gasteiger partial charge in [0.05, 0.1) is 13.0 Å². The smallest absolute Gasteiger partial charge is 0.394 e. The number of hydrogen-bond donors (Lipinski definition) is 2.